The number of nitrogens with zero attached hydrogens (tertiary/aromatic N) is 3. The Labute approximate surface area is 172 Å². The van der Waals surface area contributed by atoms with Gasteiger partial charge in [0.15, 0.2) is 0 Å². The van der Waals surface area contributed by atoms with Crippen LogP contribution in [-0.4, -0.2) is 27.4 Å². The molecular weight excluding hydrogens is 430 g/mol. The average Bonchev–Trinajstić information content (AvgIpc) is 2.59. The van der Waals surface area contributed by atoms with Crippen molar-refractivity contribution < 1.29 is 9.59 Å². The first-order chi connectivity index (χ1) is 12.6. The highest BCUT2D eigenvalue weighted by Crippen LogP contribution is 2.26. The SMILES string of the molecule is Cc1cccc(C(=O)N(C#N)N(C(=O)c2cccc(Cl)c2)C(C)(C)C)c1Br. The number of carbonyl (C=O) groups is 2. The molecule has 5 nitrogen and oxygen atoms in total. The fourth-order valence-electron chi connectivity index (χ4n) is 2.55. The van der Waals surface area contributed by atoms with Crippen LogP contribution in [0.1, 0.15) is 47.1 Å². The van der Waals surface area contributed by atoms with Crippen LogP contribution in [0.15, 0.2) is 46.9 Å². The summed E-state index contributed by atoms with van der Waals surface area (Å²) in [6.07, 6.45) is 1.85. The number of hydrazine groups is 1. The molecule has 0 saturated heterocycles. The van der Waals surface area contributed by atoms with Crippen molar-refractivity contribution in [1.29, 1.82) is 5.26 Å². The van der Waals surface area contributed by atoms with Crippen LogP contribution >= 0.6 is 27.5 Å². The monoisotopic (exact) mass is 447 g/mol. The Morgan fingerprint density at radius 3 is 2.30 bits per heavy atom. The summed E-state index contributed by atoms with van der Waals surface area (Å²) < 4.78 is 0.583. The summed E-state index contributed by atoms with van der Waals surface area (Å²) in [5.41, 5.74) is 0.599. The van der Waals surface area contributed by atoms with Crippen LogP contribution in [0.25, 0.3) is 0 Å². The minimum Gasteiger partial charge on any atom is -0.267 e. The number of amides is 2. The van der Waals surface area contributed by atoms with Gasteiger partial charge in [0.25, 0.3) is 11.8 Å². The fourth-order valence-corrected chi connectivity index (χ4v) is 3.17. The second-order valence-electron chi connectivity index (χ2n) is 6.95. The number of rotatable bonds is 2. The van der Waals surface area contributed by atoms with Gasteiger partial charge in [0.05, 0.1) is 11.1 Å². The lowest BCUT2D eigenvalue weighted by molar-refractivity contribution is -0.0167. The van der Waals surface area contributed by atoms with E-state index in [0.29, 0.717) is 15.1 Å². The molecule has 0 atom stereocenters. The second-order valence-corrected chi connectivity index (χ2v) is 8.18. The molecule has 0 aliphatic rings. The normalized spacial score (nSPS) is 10.9. The van der Waals surface area contributed by atoms with Crippen molar-refractivity contribution in [2.75, 3.05) is 0 Å². The zero-order valence-electron chi connectivity index (χ0n) is 15.5. The molecule has 0 unspecified atom stereocenters. The summed E-state index contributed by atoms with van der Waals surface area (Å²) in [6, 6.07) is 11.6. The first-order valence-corrected chi connectivity index (χ1v) is 9.34. The molecule has 0 heterocycles. The second kappa shape index (κ2) is 8.12. The largest absolute Gasteiger partial charge is 0.287 e. The van der Waals surface area contributed by atoms with Gasteiger partial charge >= 0.3 is 0 Å². The van der Waals surface area contributed by atoms with E-state index in [-0.39, 0.29) is 5.56 Å². The highest BCUT2D eigenvalue weighted by molar-refractivity contribution is 9.10. The van der Waals surface area contributed by atoms with Crippen molar-refractivity contribution in [3.05, 3.63) is 68.7 Å². The van der Waals surface area contributed by atoms with Crippen LogP contribution in [-0.2, 0) is 0 Å². The van der Waals surface area contributed by atoms with E-state index in [0.717, 1.165) is 15.6 Å². The van der Waals surface area contributed by atoms with Gasteiger partial charge in [0.1, 0.15) is 0 Å². The highest BCUT2D eigenvalue weighted by Gasteiger charge is 2.37. The molecule has 0 fully saturated rings. The minimum atomic E-state index is -0.832. The van der Waals surface area contributed by atoms with E-state index in [1.807, 2.05) is 19.2 Å². The van der Waals surface area contributed by atoms with Gasteiger partial charge < -0.3 is 0 Å². The fraction of sp³-hybridized carbons (Fsp3) is 0.250. The van der Waals surface area contributed by atoms with Crippen molar-refractivity contribution >= 4 is 39.3 Å². The van der Waals surface area contributed by atoms with E-state index in [4.69, 9.17) is 11.6 Å². The van der Waals surface area contributed by atoms with Gasteiger partial charge in [-0.15, -0.1) is 5.01 Å². The van der Waals surface area contributed by atoms with E-state index in [2.05, 4.69) is 15.9 Å². The number of halogens is 2. The zero-order chi connectivity index (χ0) is 20.4. The van der Waals surface area contributed by atoms with Crippen LogP contribution in [0.4, 0.5) is 0 Å². The van der Waals surface area contributed by atoms with Gasteiger partial charge in [-0.1, -0.05) is 29.8 Å². The van der Waals surface area contributed by atoms with E-state index in [1.165, 1.54) is 6.07 Å². The first kappa shape index (κ1) is 20.9. The summed E-state index contributed by atoms with van der Waals surface area (Å²) in [5.74, 6) is -1.10. The molecule has 0 saturated carbocycles. The third kappa shape index (κ3) is 4.49. The standard InChI is InChI=1S/C20H19BrClN3O2/c1-13-7-5-10-16(17(13)21)19(27)24(12-23)25(20(2,3)4)18(26)14-8-6-9-15(22)11-14/h5-11H,1-4H3. The molecule has 2 aromatic carbocycles. The number of carbonyl (C=O) groups excluding carboxylic acids is 2. The molecular formula is C20H19BrClN3O2. The number of benzene rings is 2. The molecule has 0 bridgehead atoms. The lowest BCUT2D eigenvalue weighted by Gasteiger charge is -2.39. The molecule has 0 radical (unpaired) electrons. The Morgan fingerprint density at radius 2 is 1.74 bits per heavy atom. The van der Waals surface area contributed by atoms with Crippen LogP contribution in [0, 0.1) is 18.4 Å². The van der Waals surface area contributed by atoms with Crippen LogP contribution in [0.2, 0.25) is 5.02 Å². The molecule has 0 aliphatic heterocycles. The Morgan fingerprint density at radius 1 is 1.11 bits per heavy atom. The molecule has 27 heavy (non-hydrogen) atoms. The molecule has 0 N–H and O–H groups in total. The molecule has 2 rings (SSSR count). The maximum atomic E-state index is 13.1. The lowest BCUT2D eigenvalue weighted by Crippen LogP contribution is -2.56. The summed E-state index contributed by atoms with van der Waals surface area (Å²) in [4.78, 5) is 26.2. The average molecular weight is 449 g/mol. The smallest absolute Gasteiger partial charge is 0.267 e. The van der Waals surface area contributed by atoms with Gasteiger partial charge in [0, 0.05) is 15.1 Å². The Bertz CT molecular complexity index is 932. The Hall–Kier alpha value is -2.36. The van der Waals surface area contributed by atoms with E-state index in [9.17, 15) is 14.9 Å². The third-order valence-corrected chi connectivity index (χ3v) is 5.10. The van der Waals surface area contributed by atoms with Crippen molar-refractivity contribution in [1.82, 2.24) is 10.0 Å². The zero-order valence-corrected chi connectivity index (χ0v) is 17.8. The van der Waals surface area contributed by atoms with Gasteiger partial charge in [-0.25, -0.2) is 5.01 Å². The summed E-state index contributed by atoms with van der Waals surface area (Å²) in [5, 5.41) is 12.1. The number of aryl methyl sites for hydroxylation is 1. The third-order valence-electron chi connectivity index (χ3n) is 3.81. The minimum absolute atomic E-state index is 0.286. The maximum absolute atomic E-state index is 13.1. The Balaban J connectivity index is 2.54. The molecule has 7 heteroatoms. The van der Waals surface area contributed by atoms with E-state index < -0.39 is 17.4 Å². The molecule has 2 amide bonds. The van der Waals surface area contributed by atoms with Gasteiger partial charge in [0.2, 0.25) is 6.19 Å². The molecule has 140 valence electrons. The predicted molar refractivity (Wildman–Crippen MR) is 108 cm³/mol. The topological polar surface area (TPSA) is 64.4 Å². The van der Waals surface area contributed by atoms with Crippen LogP contribution in [0.5, 0.6) is 0 Å². The van der Waals surface area contributed by atoms with Gasteiger partial charge in [-0.3, -0.25) is 9.59 Å². The van der Waals surface area contributed by atoms with Crippen LogP contribution in [0.3, 0.4) is 0 Å². The van der Waals surface area contributed by atoms with E-state index in [1.54, 1.807) is 51.1 Å². The molecule has 0 spiro atoms. The summed E-state index contributed by atoms with van der Waals surface area (Å²) >= 11 is 9.39. The van der Waals surface area contributed by atoms with Gasteiger partial charge in [-0.2, -0.15) is 5.26 Å². The lowest BCUT2D eigenvalue weighted by atomic mass is 10.1. The highest BCUT2D eigenvalue weighted by atomic mass is 79.9. The van der Waals surface area contributed by atoms with Crippen molar-refractivity contribution in [2.24, 2.45) is 0 Å². The van der Waals surface area contributed by atoms with Crippen molar-refractivity contribution in [2.45, 2.75) is 33.2 Å². The number of hydrogen-bond acceptors (Lipinski definition) is 3. The van der Waals surface area contributed by atoms with Crippen molar-refractivity contribution in [3.8, 4) is 6.19 Å². The molecule has 0 aromatic heterocycles. The first-order valence-electron chi connectivity index (χ1n) is 8.17. The number of nitriles is 1. The number of hydrogen-bond donors (Lipinski definition) is 0. The van der Waals surface area contributed by atoms with E-state index >= 15 is 0 Å². The van der Waals surface area contributed by atoms with Gasteiger partial charge in [-0.05, 0) is 73.5 Å². The van der Waals surface area contributed by atoms with Crippen molar-refractivity contribution in [3.63, 3.8) is 0 Å². The maximum Gasteiger partial charge on any atom is 0.287 e. The summed E-state index contributed by atoms with van der Waals surface area (Å²) in [7, 11) is 0. The van der Waals surface area contributed by atoms with Crippen LogP contribution < -0.4 is 0 Å². The summed E-state index contributed by atoms with van der Waals surface area (Å²) in [6.45, 7) is 7.09. The molecule has 2 aromatic rings. The molecule has 0 aliphatic carbocycles. The predicted octanol–water partition coefficient (Wildman–Crippen LogP) is 5.19. The quantitative estimate of drug-likeness (QED) is 0.361. The Kier molecular flexibility index (Phi) is 6.30.